The second-order valence-corrected chi connectivity index (χ2v) is 7.12. The Balaban J connectivity index is 1.56. The smallest absolute Gasteiger partial charge is 0.271 e. The van der Waals surface area contributed by atoms with Crippen LogP contribution in [0.25, 0.3) is 26.3 Å². The summed E-state index contributed by atoms with van der Waals surface area (Å²) in [6.45, 7) is 0.405. The molecule has 0 amide bonds. The van der Waals surface area contributed by atoms with Gasteiger partial charge in [-0.15, -0.1) is 11.3 Å². The van der Waals surface area contributed by atoms with E-state index in [2.05, 4.69) is 9.97 Å². The van der Waals surface area contributed by atoms with Gasteiger partial charge >= 0.3 is 0 Å². The number of rotatable bonds is 3. The lowest BCUT2D eigenvalue weighted by molar-refractivity contribution is 0.735. The molecule has 5 rings (SSSR count). The number of benzene rings is 1. The monoisotopic (exact) mass is 358 g/mol. The fourth-order valence-corrected chi connectivity index (χ4v) is 4.11. The van der Waals surface area contributed by atoms with Gasteiger partial charge in [0.1, 0.15) is 10.3 Å². The molecule has 0 spiro atoms. The zero-order chi connectivity index (χ0) is 17.5. The van der Waals surface area contributed by atoms with Gasteiger partial charge in [-0.2, -0.15) is 0 Å². The predicted octanol–water partition coefficient (Wildman–Crippen LogP) is 3.82. The third kappa shape index (κ3) is 2.51. The minimum Gasteiger partial charge on any atom is -0.307 e. The maximum Gasteiger partial charge on any atom is 0.271 e. The van der Waals surface area contributed by atoms with Gasteiger partial charge in [-0.05, 0) is 23.8 Å². The Kier molecular flexibility index (Phi) is 3.43. The standard InChI is InChI=1S/C20H14N4OS/c25-20-19-16(10-17(26-19)14-6-2-1-3-7-14)21-13-24(20)12-15-11-23-9-5-4-8-18(23)22-15/h1-11,13H,12H2. The first kappa shape index (κ1) is 15.0. The van der Waals surface area contributed by atoms with E-state index in [0.29, 0.717) is 11.2 Å². The molecular weight excluding hydrogens is 344 g/mol. The molecule has 0 aliphatic carbocycles. The molecule has 0 unspecified atom stereocenters. The largest absolute Gasteiger partial charge is 0.307 e. The average molecular weight is 358 g/mol. The van der Waals surface area contributed by atoms with Crippen LogP contribution < -0.4 is 5.56 Å². The van der Waals surface area contributed by atoms with Crippen molar-refractivity contribution in [3.05, 3.63) is 89.4 Å². The summed E-state index contributed by atoms with van der Waals surface area (Å²) in [4.78, 5) is 23.0. The summed E-state index contributed by atoms with van der Waals surface area (Å²) in [7, 11) is 0. The summed E-state index contributed by atoms with van der Waals surface area (Å²) in [5.41, 5.74) is 3.51. The molecule has 4 heterocycles. The van der Waals surface area contributed by atoms with E-state index in [1.807, 2.05) is 71.4 Å². The van der Waals surface area contributed by atoms with Crippen LogP contribution in [-0.2, 0) is 6.54 Å². The highest BCUT2D eigenvalue weighted by Gasteiger charge is 2.11. The number of nitrogens with zero attached hydrogens (tertiary/aromatic N) is 4. The lowest BCUT2D eigenvalue weighted by Gasteiger charge is -2.01. The van der Waals surface area contributed by atoms with Gasteiger partial charge in [-0.3, -0.25) is 9.36 Å². The van der Waals surface area contributed by atoms with Crippen LogP contribution >= 0.6 is 11.3 Å². The van der Waals surface area contributed by atoms with E-state index < -0.39 is 0 Å². The molecule has 5 aromatic rings. The molecule has 4 aromatic heterocycles. The molecule has 0 bridgehead atoms. The van der Waals surface area contributed by atoms with Crippen molar-refractivity contribution < 1.29 is 0 Å². The molecular formula is C20H14N4OS. The molecule has 0 aliphatic heterocycles. The van der Waals surface area contributed by atoms with Crippen LogP contribution in [0, 0.1) is 0 Å². The molecule has 26 heavy (non-hydrogen) atoms. The van der Waals surface area contributed by atoms with Crippen LogP contribution in [0.4, 0.5) is 0 Å². The van der Waals surface area contributed by atoms with Gasteiger partial charge in [0.25, 0.3) is 5.56 Å². The van der Waals surface area contributed by atoms with Crippen molar-refractivity contribution in [2.24, 2.45) is 0 Å². The highest BCUT2D eigenvalue weighted by atomic mass is 32.1. The van der Waals surface area contributed by atoms with E-state index in [1.165, 1.54) is 11.3 Å². The van der Waals surface area contributed by atoms with Crippen molar-refractivity contribution in [3.63, 3.8) is 0 Å². The van der Waals surface area contributed by atoms with Crippen molar-refractivity contribution >= 4 is 27.2 Å². The molecule has 0 saturated heterocycles. The van der Waals surface area contributed by atoms with Crippen LogP contribution in [0.5, 0.6) is 0 Å². The second-order valence-electron chi connectivity index (χ2n) is 6.07. The number of pyridine rings is 1. The maximum atomic E-state index is 12.9. The fourth-order valence-electron chi connectivity index (χ4n) is 3.04. The number of aromatic nitrogens is 4. The van der Waals surface area contributed by atoms with Crippen LogP contribution in [0.15, 0.2) is 78.1 Å². The summed E-state index contributed by atoms with van der Waals surface area (Å²) >= 11 is 1.49. The fraction of sp³-hybridized carbons (Fsp3) is 0.0500. The summed E-state index contributed by atoms with van der Waals surface area (Å²) in [6.07, 6.45) is 5.49. The molecule has 0 saturated carbocycles. The minimum absolute atomic E-state index is 0.0285. The molecule has 0 aliphatic rings. The third-order valence-corrected chi connectivity index (χ3v) is 5.47. The van der Waals surface area contributed by atoms with Crippen LogP contribution in [0.2, 0.25) is 0 Å². The minimum atomic E-state index is -0.0285. The van der Waals surface area contributed by atoms with Crippen LogP contribution in [0.3, 0.4) is 0 Å². The Morgan fingerprint density at radius 2 is 1.88 bits per heavy atom. The van der Waals surface area contributed by atoms with Crippen molar-refractivity contribution in [1.82, 2.24) is 18.9 Å². The maximum absolute atomic E-state index is 12.9. The lowest BCUT2D eigenvalue weighted by atomic mass is 10.2. The zero-order valence-electron chi connectivity index (χ0n) is 13.7. The predicted molar refractivity (Wildman–Crippen MR) is 104 cm³/mol. The first-order valence-corrected chi connectivity index (χ1v) is 9.06. The molecule has 0 N–H and O–H groups in total. The van der Waals surface area contributed by atoms with Gasteiger partial charge < -0.3 is 4.40 Å². The van der Waals surface area contributed by atoms with Gasteiger partial charge in [-0.1, -0.05) is 36.4 Å². The highest BCUT2D eigenvalue weighted by molar-refractivity contribution is 7.22. The lowest BCUT2D eigenvalue weighted by Crippen LogP contribution is -2.20. The molecule has 126 valence electrons. The number of thiophene rings is 1. The van der Waals surface area contributed by atoms with E-state index in [1.54, 1.807) is 10.9 Å². The van der Waals surface area contributed by atoms with E-state index in [9.17, 15) is 4.79 Å². The highest BCUT2D eigenvalue weighted by Crippen LogP contribution is 2.30. The Hall–Kier alpha value is -3.25. The zero-order valence-corrected chi connectivity index (χ0v) is 14.6. The summed E-state index contributed by atoms with van der Waals surface area (Å²) in [5, 5.41) is 0. The van der Waals surface area contributed by atoms with Gasteiger partial charge in [0.15, 0.2) is 0 Å². The quantitative estimate of drug-likeness (QED) is 0.493. The van der Waals surface area contributed by atoms with E-state index in [4.69, 9.17) is 0 Å². The Labute approximate surface area is 152 Å². The first-order chi connectivity index (χ1) is 12.8. The first-order valence-electron chi connectivity index (χ1n) is 8.25. The molecule has 1 aromatic carbocycles. The van der Waals surface area contributed by atoms with Gasteiger partial charge in [0.2, 0.25) is 0 Å². The van der Waals surface area contributed by atoms with Gasteiger partial charge in [0, 0.05) is 17.3 Å². The van der Waals surface area contributed by atoms with Crippen molar-refractivity contribution in [3.8, 4) is 10.4 Å². The van der Waals surface area contributed by atoms with E-state index in [0.717, 1.165) is 27.3 Å². The van der Waals surface area contributed by atoms with E-state index in [-0.39, 0.29) is 5.56 Å². The average Bonchev–Trinajstić information content (AvgIpc) is 3.29. The topological polar surface area (TPSA) is 52.2 Å². The Bertz CT molecular complexity index is 1250. The summed E-state index contributed by atoms with van der Waals surface area (Å²) in [6, 6.07) is 17.9. The normalized spacial score (nSPS) is 11.4. The third-order valence-electron chi connectivity index (χ3n) is 4.31. The SMILES string of the molecule is O=c1c2sc(-c3ccccc3)cc2ncn1Cc1cn2ccccc2n1. The number of fused-ring (bicyclic) bond motifs is 2. The van der Waals surface area contributed by atoms with Gasteiger partial charge in [-0.25, -0.2) is 9.97 Å². The number of imidazole rings is 1. The molecule has 6 heteroatoms. The van der Waals surface area contributed by atoms with E-state index >= 15 is 0 Å². The Morgan fingerprint density at radius 3 is 2.73 bits per heavy atom. The number of hydrogen-bond donors (Lipinski definition) is 0. The van der Waals surface area contributed by atoms with Crippen LogP contribution in [-0.4, -0.2) is 18.9 Å². The van der Waals surface area contributed by atoms with Gasteiger partial charge in [0.05, 0.1) is 24.1 Å². The molecule has 0 radical (unpaired) electrons. The summed E-state index contributed by atoms with van der Waals surface area (Å²) in [5.74, 6) is 0. The van der Waals surface area contributed by atoms with Crippen molar-refractivity contribution in [1.29, 1.82) is 0 Å². The van der Waals surface area contributed by atoms with Crippen LogP contribution in [0.1, 0.15) is 5.69 Å². The molecule has 5 nitrogen and oxygen atoms in total. The molecule has 0 atom stereocenters. The molecule has 0 fully saturated rings. The second kappa shape index (κ2) is 5.93. The Morgan fingerprint density at radius 1 is 1.04 bits per heavy atom. The summed E-state index contributed by atoms with van der Waals surface area (Å²) < 4.78 is 4.25. The number of hydrogen-bond acceptors (Lipinski definition) is 4. The van der Waals surface area contributed by atoms with Crippen molar-refractivity contribution in [2.45, 2.75) is 6.54 Å². The van der Waals surface area contributed by atoms with Crippen molar-refractivity contribution in [2.75, 3.05) is 0 Å².